The molecule has 2 N–H and O–H groups in total. The third-order valence-corrected chi connectivity index (χ3v) is 4.13. The summed E-state index contributed by atoms with van der Waals surface area (Å²) in [6, 6.07) is 5.71. The number of benzene rings is 1. The monoisotopic (exact) mass is 355 g/mol. The largest absolute Gasteiger partial charge is 0.342 e. The highest BCUT2D eigenvalue weighted by molar-refractivity contribution is 5.93. The number of aromatic nitrogens is 4. The molecule has 0 saturated heterocycles. The average Bonchev–Trinajstić information content (AvgIpc) is 3.24. The van der Waals surface area contributed by atoms with Crippen molar-refractivity contribution < 1.29 is 9.32 Å². The summed E-state index contributed by atoms with van der Waals surface area (Å²) in [4.78, 5) is 24.3. The van der Waals surface area contributed by atoms with Gasteiger partial charge in [-0.3, -0.25) is 4.79 Å². The van der Waals surface area contributed by atoms with E-state index in [4.69, 9.17) is 4.52 Å². The smallest absolute Gasteiger partial charge is 0.227 e. The number of carbonyl (C=O) groups excluding carboxylic acids is 1. The Hall–Kier alpha value is -2.70. The van der Waals surface area contributed by atoms with E-state index in [1.807, 2.05) is 18.2 Å². The number of rotatable bonds is 9. The number of fused-ring (bicyclic) bond motifs is 1. The van der Waals surface area contributed by atoms with E-state index in [1.165, 1.54) is 0 Å². The number of aryl methyl sites for hydroxylation is 3. The molecule has 3 aromatic rings. The lowest BCUT2D eigenvalue weighted by Crippen LogP contribution is -2.12. The number of nitrogens with one attached hydrogen (secondary N) is 2. The van der Waals surface area contributed by atoms with E-state index in [-0.39, 0.29) is 5.91 Å². The Labute approximate surface area is 152 Å². The predicted octanol–water partition coefficient (Wildman–Crippen LogP) is 3.81. The van der Waals surface area contributed by atoms with Crippen molar-refractivity contribution in [2.45, 2.75) is 58.8 Å². The third-order valence-electron chi connectivity index (χ3n) is 4.13. The zero-order valence-corrected chi connectivity index (χ0v) is 15.3. The Morgan fingerprint density at radius 1 is 1.15 bits per heavy atom. The van der Waals surface area contributed by atoms with Crippen molar-refractivity contribution in [2.24, 2.45) is 0 Å². The first kappa shape index (κ1) is 18.1. The second-order valence-corrected chi connectivity index (χ2v) is 6.42. The predicted molar refractivity (Wildman–Crippen MR) is 99.9 cm³/mol. The van der Waals surface area contributed by atoms with Gasteiger partial charge in [-0.2, -0.15) is 4.98 Å². The summed E-state index contributed by atoms with van der Waals surface area (Å²) in [5, 5.41) is 6.81. The van der Waals surface area contributed by atoms with Gasteiger partial charge in [0.05, 0.1) is 11.0 Å². The summed E-state index contributed by atoms with van der Waals surface area (Å²) in [5.74, 6) is 2.12. The number of aromatic amines is 1. The molecule has 7 nitrogen and oxygen atoms in total. The van der Waals surface area contributed by atoms with Crippen LogP contribution in [-0.2, 0) is 24.1 Å². The molecular formula is C19H25N5O2. The van der Waals surface area contributed by atoms with Crippen LogP contribution in [0.2, 0.25) is 0 Å². The maximum absolute atomic E-state index is 12.2. The second-order valence-electron chi connectivity index (χ2n) is 6.42. The first-order valence-corrected chi connectivity index (χ1v) is 9.28. The van der Waals surface area contributed by atoms with Gasteiger partial charge in [-0.05, 0) is 31.0 Å². The van der Waals surface area contributed by atoms with Crippen LogP contribution in [0.25, 0.3) is 11.0 Å². The van der Waals surface area contributed by atoms with Gasteiger partial charge in [0.2, 0.25) is 11.8 Å². The Kier molecular flexibility index (Phi) is 5.99. The molecule has 7 heteroatoms. The van der Waals surface area contributed by atoms with Crippen LogP contribution in [0.1, 0.15) is 57.1 Å². The number of unbranched alkanes of at least 4 members (excludes halogenated alkanes) is 1. The molecule has 2 aromatic heterocycles. The zero-order valence-electron chi connectivity index (χ0n) is 15.3. The molecule has 0 unspecified atom stereocenters. The molecule has 0 aliphatic rings. The highest BCUT2D eigenvalue weighted by atomic mass is 16.5. The van der Waals surface area contributed by atoms with Crippen molar-refractivity contribution >= 4 is 22.6 Å². The van der Waals surface area contributed by atoms with Gasteiger partial charge < -0.3 is 14.8 Å². The van der Waals surface area contributed by atoms with Gasteiger partial charge in [0, 0.05) is 31.4 Å². The molecule has 2 heterocycles. The SMILES string of the molecule is CCCCc1nc2ccc(NC(=O)CCc3nc(CCC)no3)cc2[nH]1. The summed E-state index contributed by atoms with van der Waals surface area (Å²) in [5.41, 5.74) is 2.61. The molecule has 0 atom stereocenters. The molecule has 1 aromatic carbocycles. The van der Waals surface area contributed by atoms with Crippen LogP contribution in [-0.4, -0.2) is 26.0 Å². The minimum atomic E-state index is -0.0784. The van der Waals surface area contributed by atoms with Gasteiger partial charge in [0.25, 0.3) is 0 Å². The number of amides is 1. The van der Waals surface area contributed by atoms with Crippen LogP contribution >= 0.6 is 0 Å². The van der Waals surface area contributed by atoms with E-state index in [0.717, 1.165) is 54.6 Å². The zero-order chi connectivity index (χ0) is 18.4. The lowest BCUT2D eigenvalue weighted by molar-refractivity contribution is -0.116. The van der Waals surface area contributed by atoms with Crippen LogP contribution in [0.15, 0.2) is 22.7 Å². The summed E-state index contributed by atoms with van der Waals surface area (Å²) in [6.45, 7) is 4.22. The number of carbonyl (C=O) groups is 1. The van der Waals surface area contributed by atoms with E-state index >= 15 is 0 Å². The lowest BCUT2D eigenvalue weighted by Gasteiger charge is -2.03. The lowest BCUT2D eigenvalue weighted by atomic mass is 10.2. The standard InChI is InChI=1S/C19H25N5O2/c1-3-5-7-16-21-14-9-8-13(12-15(14)22-16)20-18(25)10-11-19-23-17(6-4-2)24-26-19/h8-9,12H,3-7,10-11H2,1-2H3,(H,20,25)(H,21,22). The Balaban J connectivity index is 1.56. The van der Waals surface area contributed by atoms with Gasteiger partial charge in [-0.15, -0.1) is 0 Å². The van der Waals surface area contributed by atoms with Gasteiger partial charge in [-0.25, -0.2) is 4.98 Å². The van der Waals surface area contributed by atoms with E-state index in [1.54, 1.807) is 0 Å². The topological polar surface area (TPSA) is 96.7 Å². The van der Waals surface area contributed by atoms with Crippen molar-refractivity contribution in [2.75, 3.05) is 5.32 Å². The van der Waals surface area contributed by atoms with E-state index in [0.29, 0.717) is 24.6 Å². The van der Waals surface area contributed by atoms with Crippen LogP contribution in [0.5, 0.6) is 0 Å². The molecule has 0 spiro atoms. The van der Waals surface area contributed by atoms with Crippen LogP contribution < -0.4 is 5.32 Å². The second kappa shape index (κ2) is 8.60. The van der Waals surface area contributed by atoms with Crippen molar-refractivity contribution in [3.63, 3.8) is 0 Å². The third kappa shape index (κ3) is 4.68. The fraction of sp³-hybridized carbons (Fsp3) is 0.474. The maximum atomic E-state index is 12.2. The summed E-state index contributed by atoms with van der Waals surface area (Å²) >= 11 is 0. The normalized spacial score (nSPS) is 11.2. The molecule has 138 valence electrons. The summed E-state index contributed by atoms with van der Waals surface area (Å²) < 4.78 is 5.16. The molecule has 0 bridgehead atoms. The summed E-state index contributed by atoms with van der Waals surface area (Å²) in [6.07, 6.45) is 5.69. The van der Waals surface area contributed by atoms with Gasteiger partial charge in [0.15, 0.2) is 5.82 Å². The first-order chi connectivity index (χ1) is 12.7. The highest BCUT2D eigenvalue weighted by Crippen LogP contribution is 2.18. The number of H-pyrrole nitrogens is 1. The molecule has 26 heavy (non-hydrogen) atoms. The van der Waals surface area contributed by atoms with Gasteiger partial charge >= 0.3 is 0 Å². The molecule has 0 aliphatic carbocycles. The van der Waals surface area contributed by atoms with E-state index in [9.17, 15) is 4.79 Å². The van der Waals surface area contributed by atoms with E-state index in [2.05, 4.69) is 39.3 Å². The number of hydrogen-bond acceptors (Lipinski definition) is 5. The average molecular weight is 355 g/mol. The van der Waals surface area contributed by atoms with Crippen molar-refractivity contribution in [3.05, 3.63) is 35.7 Å². The number of hydrogen-bond donors (Lipinski definition) is 2. The van der Waals surface area contributed by atoms with Crippen molar-refractivity contribution in [3.8, 4) is 0 Å². The van der Waals surface area contributed by atoms with Crippen molar-refractivity contribution in [1.29, 1.82) is 0 Å². The Bertz CT molecular complexity index is 868. The van der Waals surface area contributed by atoms with Crippen molar-refractivity contribution in [1.82, 2.24) is 20.1 Å². The molecule has 0 radical (unpaired) electrons. The van der Waals surface area contributed by atoms with Crippen LogP contribution in [0.4, 0.5) is 5.69 Å². The Morgan fingerprint density at radius 2 is 2.04 bits per heavy atom. The van der Waals surface area contributed by atoms with Crippen LogP contribution in [0.3, 0.4) is 0 Å². The van der Waals surface area contributed by atoms with E-state index < -0.39 is 0 Å². The fourth-order valence-corrected chi connectivity index (χ4v) is 2.76. The molecule has 0 saturated carbocycles. The number of nitrogens with zero attached hydrogens (tertiary/aromatic N) is 3. The number of anilines is 1. The minimum absolute atomic E-state index is 0.0784. The molecule has 3 rings (SSSR count). The number of imidazole rings is 1. The molecule has 0 fully saturated rings. The van der Waals surface area contributed by atoms with Gasteiger partial charge in [0.1, 0.15) is 5.82 Å². The molecule has 0 aliphatic heterocycles. The highest BCUT2D eigenvalue weighted by Gasteiger charge is 2.10. The van der Waals surface area contributed by atoms with Gasteiger partial charge in [-0.1, -0.05) is 25.4 Å². The van der Waals surface area contributed by atoms with Crippen LogP contribution in [0, 0.1) is 0 Å². The first-order valence-electron chi connectivity index (χ1n) is 9.28. The minimum Gasteiger partial charge on any atom is -0.342 e. The quantitative estimate of drug-likeness (QED) is 0.608. The Morgan fingerprint density at radius 3 is 2.85 bits per heavy atom. The molecular weight excluding hydrogens is 330 g/mol. The molecule has 1 amide bonds. The fourth-order valence-electron chi connectivity index (χ4n) is 2.76. The summed E-state index contributed by atoms with van der Waals surface area (Å²) in [7, 11) is 0. The maximum Gasteiger partial charge on any atom is 0.227 e.